The molecule has 3 rings (SSSR count). The fourth-order valence-electron chi connectivity index (χ4n) is 3.08. The zero-order valence-corrected chi connectivity index (χ0v) is 12.0. The van der Waals surface area contributed by atoms with E-state index in [9.17, 15) is 9.90 Å². The predicted molar refractivity (Wildman–Crippen MR) is 77.3 cm³/mol. The van der Waals surface area contributed by atoms with E-state index < -0.39 is 0 Å². The third-order valence-corrected chi connectivity index (χ3v) is 4.00. The second-order valence-electron chi connectivity index (χ2n) is 5.88. The molecule has 1 aromatic heterocycles. The van der Waals surface area contributed by atoms with Crippen molar-refractivity contribution in [2.24, 2.45) is 0 Å². The van der Waals surface area contributed by atoms with Gasteiger partial charge in [-0.15, -0.1) is 0 Å². The van der Waals surface area contributed by atoms with Crippen molar-refractivity contribution in [3.05, 3.63) is 39.2 Å². The molecule has 2 N–H and O–H groups in total. The van der Waals surface area contributed by atoms with Gasteiger partial charge in [0.1, 0.15) is 12.3 Å². The number of fused-ring (bicyclic) bond motifs is 3. The Labute approximate surface area is 117 Å². The number of aromatic hydroxyl groups is 1. The van der Waals surface area contributed by atoms with Gasteiger partial charge in [0.15, 0.2) is 5.58 Å². The van der Waals surface area contributed by atoms with Crippen LogP contribution in [0.25, 0.3) is 11.0 Å². The molecule has 4 heteroatoms. The van der Waals surface area contributed by atoms with E-state index in [4.69, 9.17) is 4.42 Å². The van der Waals surface area contributed by atoms with Gasteiger partial charge in [0, 0.05) is 10.9 Å². The van der Waals surface area contributed by atoms with Crippen molar-refractivity contribution in [3.8, 4) is 5.75 Å². The number of phenolic OH excluding ortho intramolecular Hbond substituents is 1. The predicted octanol–water partition coefficient (Wildman–Crippen LogP) is 1.02. The Bertz CT molecular complexity index is 716. The lowest BCUT2D eigenvalue weighted by atomic mass is 9.90. The molecule has 1 heterocycles. The molecule has 0 aliphatic heterocycles. The number of phenols is 1. The lowest BCUT2D eigenvalue weighted by Gasteiger charge is -2.18. The normalized spacial score (nSPS) is 14.8. The molecule has 0 radical (unpaired) electrons. The highest BCUT2D eigenvalue weighted by Gasteiger charge is 2.21. The van der Waals surface area contributed by atoms with Crippen LogP contribution < -0.4 is 10.5 Å². The van der Waals surface area contributed by atoms with Gasteiger partial charge >= 0.3 is 5.63 Å². The van der Waals surface area contributed by atoms with Crippen LogP contribution in [0.1, 0.15) is 29.5 Å². The molecule has 2 aromatic rings. The number of nitrogens with one attached hydrogen (secondary N) is 1. The van der Waals surface area contributed by atoms with Crippen LogP contribution in [0.2, 0.25) is 0 Å². The number of aryl methyl sites for hydroxylation is 1. The Morgan fingerprint density at radius 1 is 1.20 bits per heavy atom. The Balaban J connectivity index is 2.33. The van der Waals surface area contributed by atoms with E-state index in [1.165, 1.54) is 4.90 Å². The van der Waals surface area contributed by atoms with Crippen molar-refractivity contribution < 1.29 is 14.4 Å². The van der Waals surface area contributed by atoms with Crippen molar-refractivity contribution in [3.63, 3.8) is 0 Å². The molecule has 1 aromatic carbocycles. The maximum atomic E-state index is 12.2. The second kappa shape index (κ2) is 4.94. The molecule has 0 saturated heterocycles. The Morgan fingerprint density at radius 2 is 1.90 bits per heavy atom. The average molecular weight is 274 g/mol. The van der Waals surface area contributed by atoms with Crippen LogP contribution in [0, 0.1) is 0 Å². The van der Waals surface area contributed by atoms with Crippen molar-refractivity contribution in [1.82, 2.24) is 0 Å². The van der Waals surface area contributed by atoms with Gasteiger partial charge in [-0.1, -0.05) is 0 Å². The van der Waals surface area contributed by atoms with Crippen molar-refractivity contribution >= 4 is 11.0 Å². The Morgan fingerprint density at radius 3 is 2.60 bits per heavy atom. The van der Waals surface area contributed by atoms with Crippen LogP contribution in [0.5, 0.6) is 5.75 Å². The molecular formula is C16H20NO3+. The van der Waals surface area contributed by atoms with Crippen molar-refractivity contribution in [2.45, 2.75) is 32.2 Å². The largest absolute Gasteiger partial charge is 0.507 e. The highest BCUT2D eigenvalue weighted by molar-refractivity contribution is 5.86. The van der Waals surface area contributed by atoms with Gasteiger partial charge in [0.05, 0.1) is 19.7 Å². The molecule has 0 bridgehead atoms. The summed E-state index contributed by atoms with van der Waals surface area (Å²) in [4.78, 5) is 13.3. The fraction of sp³-hybridized carbons (Fsp3) is 0.438. The summed E-state index contributed by atoms with van der Waals surface area (Å²) in [6, 6.07) is 3.60. The molecular weight excluding hydrogens is 254 g/mol. The Kier molecular flexibility index (Phi) is 3.26. The SMILES string of the molecule is C[NH+](C)Cc1c(O)ccc2c3c(c(=O)oc12)CCCC3. The quantitative estimate of drug-likeness (QED) is 0.804. The highest BCUT2D eigenvalue weighted by atomic mass is 16.4. The van der Waals surface area contributed by atoms with E-state index in [-0.39, 0.29) is 11.4 Å². The van der Waals surface area contributed by atoms with Crippen LogP contribution in [0.4, 0.5) is 0 Å². The number of hydrogen-bond acceptors (Lipinski definition) is 3. The minimum absolute atomic E-state index is 0.206. The summed E-state index contributed by atoms with van der Waals surface area (Å²) in [6.45, 7) is 0.630. The number of rotatable bonds is 2. The van der Waals surface area contributed by atoms with E-state index in [0.29, 0.717) is 12.1 Å². The molecule has 1 aliphatic rings. The summed E-state index contributed by atoms with van der Waals surface area (Å²) in [5.41, 5.74) is 3.02. The molecule has 0 saturated carbocycles. The summed E-state index contributed by atoms with van der Waals surface area (Å²) < 4.78 is 5.54. The van der Waals surface area contributed by atoms with Gasteiger partial charge in [0.2, 0.25) is 0 Å². The summed E-state index contributed by atoms with van der Waals surface area (Å²) in [6.07, 6.45) is 3.90. The topological polar surface area (TPSA) is 54.9 Å². The van der Waals surface area contributed by atoms with Crippen LogP contribution in [-0.4, -0.2) is 19.2 Å². The van der Waals surface area contributed by atoms with Gasteiger partial charge in [-0.3, -0.25) is 0 Å². The van der Waals surface area contributed by atoms with Gasteiger partial charge in [-0.2, -0.15) is 0 Å². The molecule has 0 fully saturated rings. The number of hydrogen-bond donors (Lipinski definition) is 2. The third-order valence-electron chi connectivity index (χ3n) is 4.00. The molecule has 0 atom stereocenters. The van der Waals surface area contributed by atoms with E-state index in [1.807, 2.05) is 20.2 Å². The van der Waals surface area contributed by atoms with E-state index in [0.717, 1.165) is 47.8 Å². The lowest BCUT2D eigenvalue weighted by Crippen LogP contribution is -3.04. The van der Waals surface area contributed by atoms with Crippen molar-refractivity contribution in [2.75, 3.05) is 14.1 Å². The van der Waals surface area contributed by atoms with Gasteiger partial charge in [-0.25, -0.2) is 4.79 Å². The van der Waals surface area contributed by atoms with E-state index >= 15 is 0 Å². The van der Waals surface area contributed by atoms with Crippen LogP contribution >= 0.6 is 0 Å². The molecule has 0 spiro atoms. The summed E-state index contributed by atoms with van der Waals surface area (Å²) in [5.74, 6) is 0.206. The monoisotopic (exact) mass is 274 g/mol. The van der Waals surface area contributed by atoms with Gasteiger partial charge in [0.25, 0.3) is 0 Å². The smallest absolute Gasteiger partial charge is 0.339 e. The summed E-state index contributed by atoms with van der Waals surface area (Å²) in [7, 11) is 4.02. The van der Waals surface area contributed by atoms with Crippen LogP contribution in [0.15, 0.2) is 21.3 Å². The summed E-state index contributed by atoms with van der Waals surface area (Å²) in [5, 5.41) is 11.1. The first kappa shape index (κ1) is 13.2. The average Bonchev–Trinajstić information content (AvgIpc) is 2.42. The second-order valence-corrected chi connectivity index (χ2v) is 5.88. The van der Waals surface area contributed by atoms with E-state index in [1.54, 1.807) is 6.07 Å². The molecule has 20 heavy (non-hydrogen) atoms. The minimum Gasteiger partial charge on any atom is -0.507 e. The maximum absolute atomic E-state index is 12.2. The highest BCUT2D eigenvalue weighted by Crippen LogP contribution is 2.32. The Hall–Kier alpha value is -1.81. The summed E-state index contributed by atoms with van der Waals surface area (Å²) >= 11 is 0. The van der Waals surface area contributed by atoms with Crippen LogP contribution in [0.3, 0.4) is 0 Å². The molecule has 106 valence electrons. The molecule has 1 aliphatic carbocycles. The van der Waals surface area contributed by atoms with E-state index in [2.05, 4.69) is 0 Å². The fourth-order valence-corrected chi connectivity index (χ4v) is 3.08. The first-order valence-corrected chi connectivity index (χ1v) is 7.16. The molecule has 0 amide bonds. The third kappa shape index (κ3) is 2.10. The first-order chi connectivity index (χ1) is 9.58. The molecule has 0 unspecified atom stereocenters. The first-order valence-electron chi connectivity index (χ1n) is 7.16. The maximum Gasteiger partial charge on any atom is 0.339 e. The zero-order chi connectivity index (χ0) is 14.3. The zero-order valence-electron chi connectivity index (χ0n) is 12.0. The lowest BCUT2D eigenvalue weighted by molar-refractivity contribution is -0.872. The minimum atomic E-state index is -0.229. The van der Waals surface area contributed by atoms with Gasteiger partial charge < -0.3 is 14.4 Å². The number of benzene rings is 1. The molecule has 4 nitrogen and oxygen atoms in total. The van der Waals surface area contributed by atoms with Crippen LogP contribution in [-0.2, 0) is 19.4 Å². The standard InChI is InChI=1S/C16H19NO3/c1-17(2)9-13-14(18)8-7-11-10-5-3-4-6-12(10)16(19)20-15(11)13/h7-8,18H,3-6,9H2,1-2H3/p+1. The van der Waals surface area contributed by atoms with Gasteiger partial charge in [-0.05, 0) is 43.4 Å². The number of quaternary nitrogens is 1. The van der Waals surface area contributed by atoms with Crippen molar-refractivity contribution in [1.29, 1.82) is 0 Å².